The number of hydrogen-bond donors (Lipinski definition) is 2. The van der Waals surface area contributed by atoms with Crippen molar-refractivity contribution >= 4 is 23.2 Å². The van der Waals surface area contributed by atoms with Crippen LogP contribution in [-0.2, 0) is 9.59 Å². The lowest BCUT2D eigenvalue weighted by Crippen LogP contribution is -2.45. The highest BCUT2D eigenvalue weighted by molar-refractivity contribution is 7.10. The van der Waals surface area contributed by atoms with Crippen molar-refractivity contribution in [3.8, 4) is 0 Å². The minimum atomic E-state index is -0.994. The Bertz CT molecular complexity index is 386. The minimum Gasteiger partial charge on any atom is -0.480 e. The normalized spacial score (nSPS) is 14.4. The summed E-state index contributed by atoms with van der Waals surface area (Å²) in [6.45, 7) is 5.32. The van der Waals surface area contributed by atoms with E-state index in [1.54, 1.807) is 20.8 Å². The maximum atomic E-state index is 11.9. The Morgan fingerprint density at radius 3 is 2.41 bits per heavy atom. The first-order valence-electron chi connectivity index (χ1n) is 5.50. The molecule has 0 radical (unpaired) electrons. The topological polar surface area (TPSA) is 66.4 Å². The Morgan fingerprint density at radius 2 is 2.00 bits per heavy atom. The third-order valence-corrected chi connectivity index (χ3v) is 3.65. The zero-order valence-corrected chi connectivity index (χ0v) is 11.0. The molecule has 0 aliphatic heterocycles. The Hall–Kier alpha value is -1.36. The summed E-state index contributed by atoms with van der Waals surface area (Å²) in [6.07, 6.45) is 0. The fourth-order valence-electron chi connectivity index (χ4n) is 1.46. The van der Waals surface area contributed by atoms with E-state index < -0.39 is 12.0 Å². The lowest BCUT2D eigenvalue weighted by Gasteiger charge is -2.20. The van der Waals surface area contributed by atoms with Gasteiger partial charge in [-0.3, -0.25) is 4.79 Å². The highest BCUT2D eigenvalue weighted by Gasteiger charge is 2.26. The van der Waals surface area contributed by atoms with Crippen molar-refractivity contribution in [2.24, 2.45) is 5.92 Å². The fourth-order valence-corrected chi connectivity index (χ4v) is 2.24. The van der Waals surface area contributed by atoms with Crippen molar-refractivity contribution in [3.05, 3.63) is 22.4 Å². The van der Waals surface area contributed by atoms with E-state index in [9.17, 15) is 9.59 Å². The predicted molar refractivity (Wildman–Crippen MR) is 67.1 cm³/mol. The molecule has 0 saturated carbocycles. The number of hydrogen-bond acceptors (Lipinski definition) is 3. The smallest absolute Gasteiger partial charge is 0.326 e. The standard InChI is InChI=1S/C12H17NO3S/c1-7(2)10(12(15)16)13-11(14)8(3)9-5-4-6-17-9/h4-8,10H,1-3H3,(H,13,14)(H,15,16). The number of rotatable bonds is 5. The van der Waals surface area contributed by atoms with Crippen LogP contribution in [-0.4, -0.2) is 23.0 Å². The van der Waals surface area contributed by atoms with Crippen molar-refractivity contribution in [2.75, 3.05) is 0 Å². The van der Waals surface area contributed by atoms with Crippen LogP contribution in [0.4, 0.5) is 0 Å². The number of carboxylic acid groups (broad SMARTS) is 1. The summed E-state index contributed by atoms with van der Waals surface area (Å²) < 4.78 is 0. The molecule has 0 aliphatic carbocycles. The van der Waals surface area contributed by atoms with Crippen LogP contribution in [0.25, 0.3) is 0 Å². The van der Waals surface area contributed by atoms with Gasteiger partial charge in [0.25, 0.3) is 0 Å². The van der Waals surface area contributed by atoms with E-state index in [2.05, 4.69) is 5.32 Å². The van der Waals surface area contributed by atoms with E-state index in [0.29, 0.717) is 0 Å². The van der Waals surface area contributed by atoms with Crippen LogP contribution in [0.5, 0.6) is 0 Å². The molecule has 1 aromatic heterocycles. The summed E-state index contributed by atoms with van der Waals surface area (Å²) in [5.41, 5.74) is 0. The van der Waals surface area contributed by atoms with Crippen molar-refractivity contribution in [2.45, 2.75) is 32.7 Å². The first kappa shape index (κ1) is 13.7. The SMILES string of the molecule is CC(C(=O)NC(C(=O)O)C(C)C)c1cccs1. The molecule has 2 atom stereocenters. The summed E-state index contributed by atoms with van der Waals surface area (Å²) in [5, 5.41) is 13.5. The summed E-state index contributed by atoms with van der Waals surface area (Å²) in [6, 6.07) is 2.92. The van der Waals surface area contributed by atoms with Gasteiger partial charge in [-0.25, -0.2) is 4.79 Å². The third-order valence-electron chi connectivity index (χ3n) is 2.59. The molecule has 1 amide bonds. The maximum absolute atomic E-state index is 11.9. The van der Waals surface area contributed by atoms with Gasteiger partial charge in [0, 0.05) is 4.88 Å². The second-order valence-electron chi connectivity index (χ2n) is 4.31. The molecule has 2 unspecified atom stereocenters. The van der Waals surface area contributed by atoms with Gasteiger partial charge in [-0.15, -0.1) is 11.3 Å². The van der Waals surface area contributed by atoms with Crippen LogP contribution >= 0.6 is 11.3 Å². The van der Waals surface area contributed by atoms with Gasteiger partial charge < -0.3 is 10.4 Å². The van der Waals surface area contributed by atoms with Crippen LogP contribution in [0, 0.1) is 5.92 Å². The average Bonchev–Trinajstić information content (AvgIpc) is 2.76. The molecule has 94 valence electrons. The molecule has 0 aromatic carbocycles. The Labute approximate surface area is 105 Å². The third kappa shape index (κ3) is 3.56. The van der Waals surface area contributed by atoms with E-state index in [-0.39, 0.29) is 17.7 Å². The molecule has 0 spiro atoms. The first-order chi connectivity index (χ1) is 7.93. The van der Waals surface area contributed by atoms with Crippen molar-refractivity contribution in [1.29, 1.82) is 0 Å². The average molecular weight is 255 g/mol. The van der Waals surface area contributed by atoms with Crippen LogP contribution in [0.1, 0.15) is 31.6 Å². The quantitative estimate of drug-likeness (QED) is 0.846. The second kappa shape index (κ2) is 5.82. The van der Waals surface area contributed by atoms with E-state index in [1.165, 1.54) is 11.3 Å². The van der Waals surface area contributed by atoms with E-state index in [1.807, 2.05) is 17.5 Å². The molecule has 0 bridgehead atoms. The van der Waals surface area contributed by atoms with E-state index in [4.69, 9.17) is 5.11 Å². The second-order valence-corrected chi connectivity index (χ2v) is 5.28. The summed E-state index contributed by atoms with van der Waals surface area (Å²) in [7, 11) is 0. The van der Waals surface area contributed by atoms with Gasteiger partial charge in [-0.05, 0) is 24.3 Å². The van der Waals surface area contributed by atoms with Gasteiger partial charge in [0.1, 0.15) is 6.04 Å². The van der Waals surface area contributed by atoms with E-state index in [0.717, 1.165) is 4.88 Å². The van der Waals surface area contributed by atoms with Gasteiger partial charge in [0.15, 0.2) is 0 Å². The summed E-state index contributed by atoms with van der Waals surface area (Å²) in [5.74, 6) is -1.68. The van der Waals surface area contributed by atoms with E-state index >= 15 is 0 Å². The van der Waals surface area contributed by atoms with Gasteiger partial charge in [-0.1, -0.05) is 19.9 Å². The Balaban J connectivity index is 2.68. The number of amides is 1. The lowest BCUT2D eigenvalue weighted by atomic mass is 10.0. The number of thiophene rings is 1. The Morgan fingerprint density at radius 1 is 1.35 bits per heavy atom. The summed E-state index contributed by atoms with van der Waals surface area (Å²) >= 11 is 1.49. The number of nitrogens with one attached hydrogen (secondary N) is 1. The molecule has 1 rings (SSSR count). The molecule has 1 aromatic rings. The van der Waals surface area contributed by atoms with Crippen molar-refractivity contribution in [1.82, 2.24) is 5.32 Å². The zero-order chi connectivity index (χ0) is 13.0. The molecule has 2 N–H and O–H groups in total. The molecular formula is C12H17NO3S. The maximum Gasteiger partial charge on any atom is 0.326 e. The van der Waals surface area contributed by atoms with Crippen molar-refractivity contribution < 1.29 is 14.7 Å². The number of carbonyl (C=O) groups excluding carboxylic acids is 1. The monoisotopic (exact) mass is 255 g/mol. The van der Waals surface area contributed by atoms with Crippen LogP contribution in [0.2, 0.25) is 0 Å². The van der Waals surface area contributed by atoms with Gasteiger partial charge in [0.2, 0.25) is 5.91 Å². The minimum absolute atomic E-state index is 0.132. The molecule has 1 heterocycles. The highest BCUT2D eigenvalue weighted by atomic mass is 32.1. The van der Waals surface area contributed by atoms with Gasteiger partial charge >= 0.3 is 5.97 Å². The van der Waals surface area contributed by atoms with Gasteiger partial charge in [0.05, 0.1) is 5.92 Å². The molecule has 0 fully saturated rings. The summed E-state index contributed by atoms with van der Waals surface area (Å²) in [4.78, 5) is 23.8. The number of carbonyl (C=O) groups is 2. The van der Waals surface area contributed by atoms with Crippen LogP contribution < -0.4 is 5.32 Å². The lowest BCUT2D eigenvalue weighted by molar-refractivity contribution is -0.143. The number of aliphatic carboxylic acids is 1. The molecule has 0 aliphatic rings. The zero-order valence-electron chi connectivity index (χ0n) is 10.1. The Kier molecular flexibility index (Phi) is 4.69. The molecule has 17 heavy (non-hydrogen) atoms. The van der Waals surface area contributed by atoms with Crippen LogP contribution in [0.3, 0.4) is 0 Å². The molecule has 0 saturated heterocycles. The largest absolute Gasteiger partial charge is 0.480 e. The first-order valence-corrected chi connectivity index (χ1v) is 6.38. The van der Waals surface area contributed by atoms with Crippen LogP contribution in [0.15, 0.2) is 17.5 Å². The molecular weight excluding hydrogens is 238 g/mol. The predicted octanol–water partition coefficient (Wildman–Crippen LogP) is 2.08. The number of carboxylic acids is 1. The fraction of sp³-hybridized carbons (Fsp3) is 0.500. The van der Waals surface area contributed by atoms with Crippen molar-refractivity contribution in [3.63, 3.8) is 0 Å². The molecule has 5 heteroatoms. The highest BCUT2D eigenvalue weighted by Crippen LogP contribution is 2.21. The molecule has 4 nitrogen and oxygen atoms in total. The van der Waals surface area contributed by atoms with Gasteiger partial charge in [-0.2, -0.15) is 0 Å².